The van der Waals surface area contributed by atoms with Gasteiger partial charge in [-0.15, -0.1) is 0 Å². The van der Waals surface area contributed by atoms with Crippen molar-refractivity contribution in [1.29, 1.82) is 0 Å². The molecule has 0 fully saturated rings. The topological polar surface area (TPSA) is 84.6 Å². The number of aromatic hydroxyl groups is 1. The van der Waals surface area contributed by atoms with Crippen LogP contribution in [0.5, 0.6) is 5.75 Å². The number of nitrogens with one attached hydrogen (secondary N) is 1. The first-order chi connectivity index (χ1) is 8.75. The molecule has 0 saturated heterocycles. The molecule has 2 N–H and O–H groups in total. The zero-order valence-corrected chi connectivity index (χ0v) is 11.6. The van der Waals surface area contributed by atoms with Crippen molar-refractivity contribution >= 4 is 11.4 Å². The molecule has 0 radical (unpaired) electrons. The average Bonchev–Trinajstić information content (AvgIpc) is 2.30. The molecular weight excluding hydrogens is 248 g/mol. The molecule has 0 saturated carbocycles. The average molecular weight is 268 g/mol. The summed E-state index contributed by atoms with van der Waals surface area (Å²) in [4.78, 5) is 10.4. The van der Waals surface area contributed by atoms with Crippen LogP contribution in [0.1, 0.15) is 27.2 Å². The Hall–Kier alpha value is -1.82. The summed E-state index contributed by atoms with van der Waals surface area (Å²) in [6, 6.07) is 4.06. The molecule has 106 valence electrons. The highest BCUT2D eigenvalue weighted by Gasteiger charge is 2.22. The number of ether oxygens (including phenoxy) is 1. The first-order valence-electron chi connectivity index (χ1n) is 6.04. The molecule has 19 heavy (non-hydrogen) atoms. The second-order valence-electron chi connectivity index (χ2n) is 5.17. The van der Waals surface area contributed by atoms with E-state index in [-0.39, 0.29) is 23.1 Å². The predicted octanol–water partition coefficient (Wildman–Crippen LogP) is 2.92. The van der Waals surface area contributed by atoms with Gasteiger partial charge in [0.05, 0.1) is 16.6 Å². The molecule has 1 aromatic carbocycles. The van der Waals surface area contributed by atoms with Gasteiger partial charge in [-0.2, -0.15) is 0 Å². The second kappa shape index (κ2) is 5.88. The van der Waals surface area contributed by atoms with Crippen LogP contribution in [0, 0.1) is 10.1 Å². The van der Waals surface area contributed by atoms with E-state index in [1.807, 2.05) is 20.8 Å². The third kappa shape index (κ3) is 4.40. The molecule has 1 atom stereocenters. The van der Waals surface area contributed by atoms with Gasteiger partial charge in [-0.05, 0) is 39.3 Å². The monoisotopic (exact) mass is 268 g/mol. The molecule has 0 aliphatic rings. The third-order valence-corrected chi connectivity index (χ3v) is 2.93. The number of nitro groups is 1. The van der Waals surface area contributed by atoms with Gasteiger partial charge in [0, 0.05) is 13.2 Å². The summed E-state index contributed by atoms with van der Waals surface area (Å²) in [7, 11) is 1.63. The Labute approximate surface area is 112 Å². The summed E-state index contributed by atoms with van der Waals surface area (Å²) in [6.45, 7) is 5.84. The molecule has 1 rings (SSSR count). The van der Waals surface area contributed by atoms with Gasteiger partial charge >= 0.3 is 0 Å². The van der Waals surface area contributed by atoms with Crippen molar-refractivity contribution in [3.8, 4) is 5.75 Å². The summed E-state index contributed by atoms with van der Waals surface area (Å²) in [5.74, 6) is -0.123. The summed E-state index contributed by atoms with van der Waals surface area (Å²) < 4.78 is 5.33. The Balaban J connectivity index is 2.85. The Kier molecular flexibility index (Phi) is 4.72. The van der Waals surface area contributed by atoms with Crippen LogP contribution in [0.3, 0.4) is 0 Å². The molecule has 6 heteroatoms. The van der Waals surface area contributed by atoms with Gasteiger partial charge < -0.3 is 15.2 Å². The van der Waals surface area contributed by atoms with Crippen LogP contribution in [-0.4, -0.2) is 28.8 Å². The van der Waals surface area contributed by atoms with Crippen LogP contribution < -0.4 is 5.32 Å². The number of benzene rings is 1. The lowest BCUT2D eigenvalue weighted by Crippen LogP contribution is -2.31. The van der Waals surface area contributed by atoms with Gasteiger partial charge in [0.2, 0.25) is 0 Å². The zero-order chi connectivity index (χ0) is 14.6. The normalized spacial score (nSPS) is 13.1. The molecule has 0 bridgehead atoms. The van der Waals surface area contributed by atoms with E-state index < -0.39 is 4.92 Å². The van der Waals surface area contributed by atoms with Gasteiger partial charge in [0.25, 0.3) is 5.69 Å². The minimum absolute atomic E-state index is 0.00167. The number of hydrogen-bond donors (Lipinski definition) is 2. The Bertz CT molecular complexity index is 460. The maximum Gasteiger partial charge on any atom is 0.296 e. The fraction of sp³-hybridized carbons (Fsp3) is 0.538. The molecule has 0 spiro atoms. The van der Waals surface area contributed by atoms with Gasteiger partial charge in [-0.1, -0.05) is 0 Å². The van der Waals surface area contributed by atoms with Crippen molar-refractivity contribution in [2.45, 2.75) is 38.8 Å². The first kappa shape index (κ1) is 15.2. The van der Waals surface area contributed by atoms with Crippen molar-refractivity contribution < 1.29 is 14.8 Å². The number of nitrogens with zero attached hydrogens (tertiary/aromatic N) is 1. The maximum absolute atomic E-state index is 10.9. The van der Waals surface area contributed by atoms with Crippen LogP contribution in [0.4, 0.5) is 11.4 Å². The van der Waals surface area contributed by atoms with Crippen LogP contribution in [0.2, 0.25) is 0 Å². The van der Waals surface area contributed by atoms with E-state index in [1.54, 1.807) is 7.11 Å². The number of methoxy groups -OCH3 is 1. The summed E-state index contributed by atoms with van der Waals surface area (Å²) in [6.07, 6.45) is 0.696. The smallest absolute Gasteiger partial charge is 0.296 e. The summed E-state index contributed by atoms with van der Waals surface area (Å²) in [5, 5.41) is 23.3. The van der Waals surface area contributed by atoms with Gasteiger partial charge in [-0.25, -0.2) is 0 Å². The lowest BCUT2D eigenvalue weighted by molar-refractivity contribution is -0.384. The minimum Gasteiger partial charge on any atom is -0.508 e. The fourth-order valence-electron chi connectivity index (χ4n) is 1.93. The van der Waals surface area contributed by atoms with Crippen molar-refractivity contribution in [2.75, 3.05) is 12.4 Å². The molecule has 0 heterocycles. The van der Waals surface area contributed by atoms with E-state index >= 15 is 0 Å². The molecule has 1 aromatic rings. The van der Waals surface area contributed by atoms with Crippen LogP contribution in [0.25, 0.3) is 0 Å². The Morgan fingerprint density at radius 1 is 1.53 bits per heavy atom. The lowest BCUT2D eigenvalue weighted by Gasteiger charge is -2.27. The summed E-state index contributed by atoms with van der Waals surface area (Å²) in [5.41, 5.74) is -0.0535. The quantitative estimate of drug-likeness (QED) is 0.470. The predicted molar refractivity (Wildman–Crippen MR) is 73.6 cm³/mol. The van der Waals surface area contributed by atoms with Crippen molar-refractivity contribution in [3.05, 3.63) is 28.3 Å². The lowest BCUT2D eigenvalue weighted by atomic mass is 9.99. The van der Waals surface area contributed by atoms with E-state index in [1.165, 1.54) is 12.1 Å². The number of phenolic OH excluding ortho intramolecular Hbond substituents is 1. The standard InChI is InChI=1S/C13H20N2O4/c1-9(8-13(2,3)19-4)14-11-6-5-10(16)7-12(11)15(17)18/h5-7,9,14,16H,8H2,1-4H3. The molecule has 0 aliphatic heterocycles. The number of rotatable bonds is 6. The minimum atomic E-state index is -0.518. The van der Waals surface area contributed by atoms with Crippen LogP contribution in [-0.2, 0) is 4.74 Å². The summed E-state index contributed by atoms with van der Waals surface area (Å²) >= 11 is 0. The van der Waals surface area contributed by atoms with E-state index in [2.05, 4.69) is 5.32 Å². The molecule has 6 nitrogen and oxygen atoms in total. The van der Waals surface area contributed by atoms with Crippen molar-refractivity contribution in [1.82, 2.24) is 0 Å². The van der Waals surface area contributed by atoms with Crippen LogP contribution in [0.15, 0.2) is 18.2 Å². The molecular formula is C13H20N2O4. The second-order valence-corrected chi connectivity index (χ2v) is 5.17. The molecule has 0 aromatic heterocycles. The number of anilines is 1. The van der Waals surface area contributed by atoms with Crippen molar-refractivity contribution in [2.24, 2.45) is 0 Å². The highest BCUT2D eigenvalue weighted by molar-refractivity contribution is 5.64. The SMILES string of the molecule is COC(C)(C)CC(C)Nc1ccc(O)cc1[N+](=O)[O-]. The molecule has 1 unspecified atom stereocenters. The highest BCUT2D eigenvalue weighted by atomic mass is 16.6. The van der Waals surface area contributed by atoms with E-state index in [0.29, 0.717) is 12.1 Å². The third-order valence-electron chi connectivity index (χ3n) is 2.93. The molecule has 0 amide bonds. The molecule has 0 aliphatic carbocycles. The van der Waals surface area contributed by atoms with Gasteiger partial charge in [0.1, 0.15) is 11.4 Å². The highest BCUT2D eigenvalue weighted by Crippen LogP contribution is 2.30. The van der Waals surface area contributed by atoms with Gasteiger partial charge in [0.15, 0.2) is 0 Å². The largest absolute Gasteiger partial charge is 0.508 e. The van der Waals surface area contributed by atoms with E-state index in [4.69, 9.17) is 4.74 Å². The first-order valence-corrected chi connectivity index (χ1v) is 6.04. The van der Waals surface area contributed by atoms with E-state index in [9.17, 15) is 15.2 Å². The maximum atomic E-state index is 10.9. The van der Waals surface area contributed by atoms with Crippen molar-refractivity contribution in [3.63, 3.8) is 0 Å². The van der Waals surface area contributed by atoms with E-state index in [0.717, 1.165) is 6.07 Å². The zero-order valence-electron chi connectivity index (χ0n) is 11.6. The van der Waals surface area contributed by atoms with Gasteiger partial charge in [-0.3, -0.25) is 10.1 Å². The van der Waals surface area contributed by atoms with Crippen LogP contribution >= 0.6 is 0 Å². The Morgan fingerprint density at radius 2 is 2.16 bits per heavy atom. The fourth-order valence-corrected chi connectivity index (χ4v) is 1.93. The Morgan fingerprint density at radius 3 is 2.68 bits per heavy atom. The number of phenols is 1. The number of hydrogen-bond acceptors (Lipinski definition) is 5. The number of nitro benzene ring substituents is 1.